The molecule has 2 aromatic carbocycles. The first-order valence-corrected chi connectivity index (χ1v) is 7.57. The summed E-state index contributed by atoms with van der Waals surface area (Å²) >= 11 is 0. The fourth-order valence-corrected chi connectivity index (χ4v) is 3.05. The van der Waals surface area contributed by atoms with Gasteiger partial charge in [-0.1, -0.05) is 48.0 Å². The van der Waals surface area contributed by atoms with E-state index < -0.39 is 15.3 Å². The van der Waals surface area contributed by atoms with Gasteiger partial charge in [-0.25, -0.2) is 8.42 Å². The van der Waals surface area contributed by atoms with E-state index in [-0.39, 0.29) is 11.3 Å². The lowest BCUT2D eigenvalue weighted by Gasteiger charge is -2.12. The van der Waals surface area contributed by atoms with Crippen molar-refractivity contribution in [2.45, 2.75) is 23.7 Å². The number of rotatable bonds is 4. The van der Waals surface area contributed by atoms with Gasteiger partial charge in [-0.3, -0.25) is 0 Å². The van der Waals surface area contributed by atoms with Crippen LogP contribution in [-0.4, -0.2) is 19.0 Å². The van der Waals surface area contributed by atoms with E-state index in [2.05, 4.69) is 0 Å². The van der Waals surface area contributed by atoms with Crippen LogP contribution in [0.4, 0.5) is 0 Å². The highest BCUT2D eigenvalue weighted by molar-refractivity contribution is 7.91. The van der Waals surface area contributed by atoms with Crippen LogP contribution in [0.1, 0.15) is 11.1 Å². The van der Waals surface area contributed by atoms with Gasteiger partial charge >= 0.3 is 0 Å². The molecular formula is C15H16O3S. The van der Waals surface area contributed by atoms with E-state index in [0.717, 1.165) is 11.1 Å². The van der Waals surface area contributed by atoms with Crippen LogP contribution in [0.2, 0.25) is 0 Å². The van der Waals surface area contributed by atoms with Crippen molar-refractivity contribution < 1.29 is 13.5 Å². The third kappa shape index (κ3) is 3.22. The van der Waals surface area contributed by atoms with Gasteiger partial charge in [0.05, 0.1) is 4.90 Å². The smallest absolute Gasteiger partial charge is 0.205 e. The summed E-state index contributed by atoms with van der Waals surface area (Å²) in [6, 6.07) is 15.6. The van der Waals surface area contributed by atoms with E-state index in [4.69, 9.17) is 0 Å². The molecule has 100 valence electrons. The van der Waals surface area contributed by atoms with E-state index in [1.807, 2.05) is 25.1 Å². The van der Waals surface area contributed by atoms with Crippen LogP contribution in [0.25, 0.3) is 0 Å². The summed E-state index contributed by atoms with van der Waals surface area (Å²) in [5.41, 5.74) is 0.361. The number of sulfone groups is 1. The fraction of sp³-hybridized carbons (Fsp3) is 0.200. The van der Waals surface area contributed by atoms with E-state index in [0.29, 0.717) is 0 Å². The minimum atomic E-state index is -3.70. The molecule has 4 heteroatoms. The molecule has 0 saturated heterocycles. The van der Waals surface area contributed by atoms with Crippen LogP contribution in [0.3, 0.4) is 0 Å². The Morgan fingerprint density at radius 2 is 1.58 bits per heavy atom. The second-order valence-electron chi connectivity index (χ2n) is 4.50. The van der Waals surface area contributed by atoms with Crippen LogP contribution < -0.4 is 0 Å². The molecule has 19 heavy (non-hydrogen) atoms. The molecule has 1 atom stereocenters. The zero-order valence-corrected chi connectivity index (χ0v) is 11.5. The Kier molecular flexibility index (Phi) is 4.02. The molecule has 0 radical (unpaired) electrons. The molecule has 0 saturated carbocycles. The SMILES string of the molecule is Cc1ccc(S(=O)(=O)C(O)Cc2ccccc2)cc1. The van der Waals surface area contributed by atoms with Crippen molar-refractivity contribution in [2.75, 3.05) is 0 Å². The first-order valence-electron chi connectivity index (χ1n) is 6.03. The standard InChI is InChI=1S/C15H16O3S/c1-12-7-9-14(10-8-12)19(17,18)15(16)11-13-5-3-2-4-6-13/h2-10,15-16H,11H2,1H3. The molecule has 1 unspecified atom stereocenters. The zero-order chi connectivity index (χ0) is 13.9. The number of aliphatic hydroxyl groups excluding tert-OH is 1. The summed E-state index contributed by atoms with van der Waals surface area (Å²) in [6.45, 7) is 1.89. The van der Waals surface area contributed by atoms with Crippen LogP contribution in [0.15, 0.2) is 59.5 Å². The number of hydrogen-bond donors (Lipinski definition) is 1. The second-order valence-corrected chi connectivity index (χ2v) is 6.61. The van der Waals surface area contributed by atoms with Gasteiger partial charge in [-0.05, 0) is 24.6 Å². The molecule has 1 N–H and O–H groups in total. The van der Waals surface area contributed by atoms with Crippen LogP contribution in [-0.2, 0) is 16.3 Å². The van der Waals surface area contributed by atoms with Gasteiger partial charge in [0.25, 0.3) is 0 Å². The van der Waals surface area contributed by atoms with Crippen molar-refractivity contribution in [1.82, 2.24) is 0 Å². The van der Waals surface area contributed by atoms with Crippen LogP contribution >= 0.6 is 0 Å². The summed E-state index contributed by atoms with van der Waals surface area (Å²) in [7, 11) is -3.70. The summed E-state index contributed by atoms with van der Waals surface area (Å²) in [4.78, 5) is 0.154. The number of hydrogen-bond acceptors (Lipinski definition) is 3. The van der Waals surface area contributed by atoms with Crippen molar-refractivity contribution in [3.8, 4) is 0 Å². The molecule has 2 aromatic rings. The van der Waals surface area contributed by atoms with E-state index in [9.17, 15) is 13.5 Å². The highest BCUT2D eigenvalue weighted by Gasteiger charge is 2.25. The van der Waals surface area contributed by atoms with E-state index >= 15 is 0 Å². The Morgan fingerprint density at radius 1 is 1.00 bits per heavy atom. The fourth-order valence-electron chi connectivity index (χ4n) is 1.81. The van der Waals surface area contributed by atoms with Crippen molar-refractivity contribution in [3.63, 3.8) is 0 Å². The van der Waals surface area contributed by atoms with Gasteiger partial charge in [0, 0.05) is 6.42 Å². The summed E-state index contributed by atoms with van der Waals surface area (Å²) in [6.07, 6.45) is 0.0943. The lowest BCUT2D eigenvalue weighted by atomic mass is 10.2. The minimum Gasteiger partial charge on any atom is -0.376 e. The molecule has 0 amide bonds. The van der Waals surface area contributed by atoms with Crippen molar-refractivity contribution in [2.24, 2.45) is 0 Å². The highest BCUT2D eigenvalue weighted by atomic mass is 32.2. The normalized spacial score (nSPS) is 13.2. The molecule has 0 heterocycles. The molecule has 0 aliphatic carbocycles. The summed E-state index contributed by atoms with van der Waals surface area (Å²) in [5, 5.41) is 9.97. The molecule has 2 rings (SSSR count). The van der Waals surface area contributed by atoms with Crippen molar-refractivity contribution in [1.29, 1.82) is 0 Å². The summed E-state index contributed by atoms with van der Waals surface area (Å²) in [5.74, 6) is 0. The van der Waals surface area contributed by atoms with Gasteiger partial charge in [0.2, 0.25) is 9.84 Å². The predicted octanol–water partition coefficient (Wildman–Crippen LogP) is 2.33. The lowest BCUT2D eigenvalue weighted by molar-refractivity contribution is 0.249. The average molecular weight is 276 g/mol. The molecular weight excluding hydrogens is 260 g/mol. The minimum absolute atomic E-state index is 0.0943. The Hall–Kier alpha value is -1.65. The molecule has 0 fully saturated rings. The van der Waals surface area contributed by atoms with Gasteiger partial charge in [-0.15, -0.1) is 0 Å². The first kappa shape index (κ1) is 13.8. The van der Waals surface area contributed by atoms with Crippen LogP contribution in [0, 0.1) is 6.92 Å². The Labute approximate surface area is 113 Å². The first-order chi connectivity index (χ1) is 9.00. The monoisotopic (exact) mass is 276 g/mol. The quantitative estimate of drug-likeness (QED) is 0.932. The maximum Gasteiger partial charge on any atom is 0.205 e. The van der Waals surface area contributed by atoms with E-state index in [1.54, 1.807) is 24.3 Å². The van der Waals surface area contributed by atoms with Gasteiger partial charge in [0.15, 0.2) is 5.44 Å². The topological polar surface area (TPSA) is 54.4 Å². The Morgan fingerprint density at radius 3 is 2.16 bits per heavy atom. The molecule has 0 aromatic heterocycles. The third-order valence-corrected chi connectivity index (χ3v) is 4.77. The number of benzene rings is 2. The second kappa shape index (κ2) is 5.55. The van der Waals surface area contributed by atoms with Gasteiger partial charge in [0.1, 0.15) is 0 Å². The molecule has 0 bridgehead atoms. The molecule has 0 spiro atoms. The van der Waals surface area contributed by atoms with Crippen LogP contribution in [0.5, 0.6) is 0 Å². The number of aryl methyl sites for hydroxylation is 1. The van der Waals surface area contributed by atoms with Gasteiger partial charge < -0.3 is 5.11 Å². The molecule has 0 aliphatic rings. The van der Waals surface area contributed by atoms with E-state index in [1.165, 1.54) is 12.1 Å². The highest BCUT2D eigenvalue weighted by Crippen LogP contribution is 2.18. The van der Waals surface area contributed by atoms with Crippen molar-refractivity contribution >= 4 is 9.84 Å². The average Bonchev–Trinajstić information content (AvgIpc) is 2.40. The molecule has 0 aliphatic heterocycles. The number of aliphatic hydroxyl groups is 1. The van der Waals surface area contributed by atoms with Crippen molar-refractivity contribution in [3.05, 3.63) is 65.7 Å². The Balaban J connectivity index is 2.22. The molecule has 3 nitrogen and oxygen atoms in total. The Bertz CT molecular complexity index is 631. The summed E-state index contributed by atoms with van der Waals surface area (Å²) < 4.78 is 24.4. The zero-order valence-electron chi connectivity index (χ0n) is 10.7. The maximum absolute atomic E-state index is 12.2. The largest absolute Gasteiger partial charge is 0.376 e. The predicted molar refractivity (Wildman–Crippen MR) is 74.5 cm³/mol. The van der Waals surface area contributed by atoms with Gasteiger partial charge in [-0.2, -0.15) is 0 Å². The maximum atomic E-state index is 12.2. The lowest BCUT2D eigenvalue weighted by Crippen LogP contribution is -2.23. The third-order valence-electron chi connectivity index (χ3n) is 2.96.